The van der Waals surface area contributed by atoms with Gasteiger partial charge in [-0.25, -0.2) is 0 Å². The van der Waals surface area contributed by atoms with Crippen LogP contribution in [0.1, 0.15) is 148 Å². The van der Waals surface area contributed by atoms with Crippen molar-refractivity contribution >= 4 is 51.9 Å². The fraction of sp³-hybridized carbons (Fsp3) is 0.469. The maximum Gasteiger partial charge on any atom is 0.310 e. The van der Waals surface area contributed by atoms with Gasteiger partial charge in [-0.2, -0.15) is 0 Å². The number of rotatable bonds is 18. The molecular weight excluding hydrogens is 1870 g/mol. The summed E-state index contributed by atoms with van der Waals surface area (Å²) >= 11 is 3.72. The van der Waals surface area contributed by atoms with Crippen molar-refractivity contribution in [3.8, 4) is 86.2 Å². The third-order valence-electron chi connectivity index (χ3n) is 26.4. The fourth-order valence-electron chi connectivity index (χ4n) is 19.9. The molecule has 0 bridgehead atoms. The Morgan fingerprint density at radius 1 is 0.355 bits per heavy atom. The van der Waals surface area contributed by atoms with E-state index in [1.807, 2.05) is 0 Å². The molecule has 9 saturated heterocycles. The number of esters is 3. The second kappa shape index (κ2) is 37.6. The van der Waals surface area contributed by atoms with Gasteiger partial charge in [-0.3, -0.25) is 14.4 Å². The van der Waals surface area contributed by atoms with Crippen LogP contribution in [0, 0.1) is 35.5 Å². The zero-order valence-electron chi connectivity index (χ0n) is 92.8. The van der Waals surface area contributed by atoms with Crippen LogP contribution in [0.4, 0.5) is 0 Å². The predicted octanol–water partition coefficient (Wildman–Crippen LogP) is 8.26. The minimum Gasteiger partial charge on any atom is -0.502 e. The van der Waals surface area contributed by atoms with Gasteiger partial charge in [0, 0.05) is 36.9 Å². The molecule has 6 aromatic carbocycles. The molecule has 138 heavy (non-hydrogen) atoms. The monoisotopic (exact) mass is 1990 g/mol. The van der Waals surface area contributed by atoms with Gasteiger partial charge < -0.3 is 174 Å². The van der Waals surface area contributed by atoms with Crippen molar-refractivity contribution in [2.45, 2.75) is 147 Å². The number of aromatic hydroxyl groups is 3. The Bertz CT molecular complexity index is 6980. The first-order valence-corrected chi connectivity index (χ1v) is 45.4. The number of phenols is 3. The van der Waals surface area contributed by atoms with E-state index in [1.54, 1.807) is 52.5 Å². The Balaban J connectivity index is 0.000000133. The van der Waals surface area contributed by atoms with E-state index in [-0.39, 0.29) is 127 Å². The van der Waals surface area contributed by atoms with Gasteiger partial charge in [0.2, 0.25) is 37.5 Å². The molecule has 0 radical (unpaired) electrons. The van der Waals surface area contributed by atoms with E-state index in [0.29, 0.717) is 20.2 Å². The Morgan fingerprint density at radius 3 is 1.02 bits per heavy atom. The summed E-state index contributed by atoms with van der Waals surface area (Å²) in [5.41, 5.74) is 1.46. The van der Waals surface area contributed by atoms with E-state index in [1.165, 1.54) is 123 Å². The van der Waals surface area contributed by atoms with Crippen LogP contribution in [0.2, 0.25) is 0 Å². The third kappa shape index (κ3) is 16.1. The van der Waals surface area contributed by atoms with Gasteiger partial charge in [0.05, 0.1) is 152 Å². The Kier molecular flexibility index (Phi) is 19.3. The Labute approximate surface area is 826 Å². The molecule has 0 unspecified atom stereocenters. The number of methoxy groups -OCH3 is 6. The first-order chi connectivity index (χ1) is 74.8. The smallest absolute Gasteiger partial charge is 0.310 e. The van der Waals surface area contributed by atoms with Gasteiger partial charge in [-0.15, -0.1) is 34.0 Å². The highest BCUT2D eigenvalue weighted by molar-refractivity contribution is 7.10. The highest BCUT2D eigenvalue weighted by Crippen LogP contribution is 2.63. The lowest BCUT2D eigenvalue weighted by Crippen LogP contribution is -2.62. The molecule has 0 spiro atoms. The second-order valence-corrected chi connectivity index (χ2v) is 36.6. The molecule has 9 N–H and O–H groups in total. The van der Waals surface area contributed by atoms with Gasteiger partial charge in [0.1, 0.15) is 81.5 Å². The summed E-state index contributed by atoms with van der Waals surface area (Å²) in [6.45, 7) is -18.8. The van der Waals surface area contributed by atoms with Crippen LogP contribution in [0.25, 0.3) is 0 Å². The number of phenolic OH excluding ortho intramolecular Hbond substituents is 3. The number of carbonyl (C=O) groups is 3. The molecule has 9 aromatic rings. The molecule has 15 heterocycles. The van der Waals surface area contributed by atoms with Crippen LogP contribution in [0.3, 0.4) is 0 Å². The number of benzene rings is 6. The molecule has 30 atom stereocenters. The molecule has 9 fully saturated rings. The SMILES string of the molecule is [2H]C([2H])([2H])Oc1cc([C@@H]2c3cc4c(cc3[C@@H](O[C@@H]3O[C@H]5[C@@H](O[C@H](c6cccs6)OC5([2H])[2H])[C@H](O)[C@H]3O)[C@H]3COC(=O)[C@H]23)OC([2H])([2H])O4)cc(OC([2H])([2H])[2H])c1O.[2H]C1([2H])Oc2cc3c(cc2O1)[C@@H](O[C@@H]1O[C@H]2[C@@H](O[C@H](c4cccs4)OC2([2H])[2H])[C@H](O)[C@H]1O)[C@@H]1[C@H](C(=O)OC1([2H])[2H])[C@@H]3c1cc(OC)c(O)c(OC)c1.[2H]C1([2H])Oc2cc3c(cc2O1)[C@@]([2H])(c1cc(OC)c(O)c(OC)c1)[C@H]1C(=O)OC[C@@H]1[C@@H]3O[C@@H]1O[C@H]2[C@@H](O[C@H](c3cccs3)OC2([2H])[2H])[C@H](O)[C@H]1O. The van der Waals surface area contributed by atoms with Crippen LogP contribution in [0.5, 0.6) is 86.2 Å². The molecule has 3 aliphatic carbocycles. The Morgan fingerprint density at radius 2 is 0.667 bits per heavy atom. The van der Waals surface area contributed by atoms with Crippen LogP contribution in [0.15, 0.2) is 125 Å². The maximum atomic E-state index is 13.7. The van der Waals surface area contributed by atoms with Crippen LogP contribution in [-0.4, -0.2) is 258 Å². The average molecular weight is 1990 g/mol. The lowest BCUT2D eigenvalue weighted by atomic mass is 9.66. The topological polar surface area (TPSA) is 482 Å². The highest BCUT2D eigenvalue weighted by Gasteiger charge is 2.62. The van der Waals surface area contributed by atoms with Crippen molar-refractivity contribution in [2.24, 2.45) is 35.5 Å². The first-order valence-electron chi connectivity index (χ1n) is 53.3. The summed E-state index contributed by atoms with van der Waals surface area (Å²) in [6.07, 6.45) is -32.9. The lowest BCUT2D eigenvalue weighted by molar-refractivity contribution is -0.368. The fourth-order valence-corrected chi connectivity index (χ4v) is 22.0. The zero-order valence-corrected chi connectivity index (χ0v) is 74.2. The van der Waals surface area contributed by atoms with Crippen LogP contribution >= 0.6 is 34.0 Å². The molecule has 12 aliphatic heterocycles. The molecular formula is C96H96O39S3. The highest BCUT2D eigenvalue weighted by atomic mass is 32.1. The number of hydrogen-bond donors (Lipinski definition) is 9. The lowest BCUT2D eigenvalue weighted by Gasteiger charge is -2.48. The van der Waals surface area contributed by atoms with E-state index in [2.05, 4.69) is 0 Å². The molecule has 0 saturated carbocycles. The summed E-state index contributed by atoms with van der Waals surface area (Å²) in [5, 5.41) is 105. The van der Waals surface area contributed by atoms with Gasteiger partial charge in [0.15, 0.2) is 107 Å². The zero-order chi connectivity index (χ0) is 114. The van der Waals surface area contributed by atoms with Crippen molar-refractivity contribution in [1.82, 2.24) is 0 Å². The number of cyclic esters (lactones) is 3. The van der Waals surface area contributed by atoms with Crippen molar-refractivity contribution in [3.05, 3.63) is 190 Å². The van der Waals surface area contributed by atoms with E-state index >= 15 is 0 Å². The normalized spacial score (nSPS) is 39.8. The minimum absolute atomic E-state index is 0.00562. The maximum absolute atomic E-state index is 13.7. The van der Waals surface area contributed by atoms with Gasteiger partial charge >= 0.3 is 17.9 Å². The summed E-state index contributed by atoms with van der Waals surface area (Å²) in [7, 11) is -1.04. The molecule has 15 aliphatic rings. The van der Waals surface area contributed by atoms with E-state index in [9.17, 15) is 61.7 Å². The van der Waals surface area contributed by atoms with E-state index in [0.717, 1.165) is 12.1 Å². The average Bonchev–Trinajstić information content (AvgIpc) is 1.62. The van der Waals surface area contributed by atoms with Gasteiger partial charge in [-0.1, -0.05) is 18.2 Å². The number of hydrogen-bond acceptors (Lipinski definition) is 42. The van der Waals surface area contributed by atoms with Gasteiger partial charge in [0.25, 0.3) is 0 Å². The first kappa shape index (κ1) is 70.7. The molecule has 39 nitrogen and oxygen atoms in total. The molecule has 0 amide bonds. The third-order valence-corrected chi connectivity index (χ3v) is 29.0. The van der Waals surface area contributed by atoms with Crippen molar-refractivity contribution in [1.29, 1.82) is 0 Å². The standard InChI is InChI=1S/3C32H32O13S/c3*1-37-19-6-13(7-20(38-2)25(19)33)23-14-8-17-18(42-12-41-17)9-15(14)28(16-10-39-30(36)24(16)23)44-32-27(35)26(34)29-21(43-32)11-40-31(45-29)22-4-3-5-46-22/h3*3-9,16,21,23-24,26-29,31-35H,10-12H2,1-2H3/t3*16-,21+,23+,24-,26+,27+,28+,29+,31+,32-/m000/s1/i1D3,2D3,11D2,12D2;11D2,12D2,23D;10D2,11D2,12D2. The quantitative estimate of drug-likeness (QED) is 0.0288. The minimum atomic E-state index is -3.14. The summed E-state index contributed by atoms with van der Waals surface area (Å²) < 4.78 is 325. The summed E-state index contributed by atoms with van der Waals surface area (Å²) in [4.78, 5) is 42.6. The predicted molar refractivity (Wildman–Crippen MR) is 468 cm³/mol. The van der Waals surface area contributed by atoms with E-state index < -0.39 is 278 Å². The molecule has 732 valence electrons. The number of aliphatic hydroxyl groups excluding tert-OH is 6. The van der Waals surface area contributed by atoms with Crippen LogP contribution < -0.4 is 56.8 Å². The largest absolute Gasteiger partial charge is 0.502 e. The Hall–Kier alpha value is -10.9. The second-order valence-electron chi connectivity index (χ2n) is 33.7. The molecule has 42 heteroatoms. The van der Waals surface area contributed by atoms with Crippen molar-refractivity contribution in [2.75, 3.05) is 102 Å². The summed E-state index contributed by atoms with van der Waals surface area (Å²) in [6, 6.07) is 26.1. The van der Waals surface area contributed by atoms with Crippen molar-refractivity contribution in [3.63, 3.8) is 0 Å². The van der Waals surface area contributed by atoms with Gasteiger partial charge in [-0.05, 0) is 157 Å². The number of carbonyl (C=O) groups excluding carboxylic acids is 3. The van der Waals surface area contributed by atoms with Crippen LogP contribution in [-0.2, 0) is 85.4 Å². The molecule has 3 aromatic heterocycles. The molecule has 24 rings (SSSR count). The number of aliphatic hydroxyl groups is 6. The van der Waals surface area contributed by atoms with Crippen molar-refractivity contribution < 1.29 is 217 Å². The van der Waals surface area contributed by atoms with E-state index in [4.69, 9.17) is 155 Å². The number of fused-ring (bicyclic) bond motifs is 12. The number of ether oxygens (including phenoxy) is 27. The number of thiophene rings is 3. The summed E-state index contributed by atoms with van der Waals surface area (Å²) in [5.74, 6) is -17.9.